The number of imide groups is 1. The minimum atomic E-state index is -0.686. The molecule has 304 valence electrons. The molecule has 3 atom stereocenters. The van der Waals surface area contributed by atoms with Crippen LogP contribution in [0.25, 0.3) is 21.9 Å². The van der Waals surface area contributed by atoms with Crippen molar-refractivity contribution in [3.63, 3.8) is 0 Å². The molecule has 2 N–H and O–H groups in total. The smallest absolute Gasteiger partial charge is 0.329 e. The molecule has 0 spiro atoms. The molecule has 3 aromatic heterocycles. The zero-order valence-electron chi connectivity index (χ0n) is 33.2. The van der Waals surface area contributed by atoms with Gasteiger partial charge in [-0.3, -0.25) is 38.5 Å². The largest absolute Gasteiger partial charge is 0.374 e. The molecule has 5 aliphatic rings. The van der Waals surface area contributed by atoms with Gasteiger partial charge in [-0.15, -0.1) is 0 Å². The van der Waals surface area contributed by atoms with Gasteiger partial charge in [-0.25, -0.2) is 4.79 Å². The van der Waals surface area contributed by atoms with Gasteiger partial charge in [-0.2, -0.15) is 10.4 Å². The highest BCUT2D eigenvalue weighted by Crippen LogP contribution is 2.41. The van der Waals surface area contributed by atoms with Crippen LogP contribution in [0.1, 0.15) is 97.3 Å². The number of amides is 3. The van der Waals surface area contributed by atoms with Gasteiger partial charge >= 0.3 is 5.69 Å². The number of hydrogen-bond donors (Lipinski definition) is 2. The van der Waals surface area contributed by atoms with Crippen LogP contribution in [-0.2, 0) is 21.4 Å². The normalized spacial score (nSPS) is 25.2. The Morgan fingerprint density at radius 3 is 2.59 bits per heavy atom. The molecule has 10 rings (SSSR count). The molecule has 4 saturated heterocycles. The second-order valence-electron chi connectivity index (χ2n) is 17.2. The molecule has 1 unspecified atom stereocenters. The lowest BCUT2D eigenvalue weighted by Crippen LogP contribution is -2.44. The second kappa shape index (κ2) is 15.1. The van der Waals surface area contributed by atoms with E-state index in [4.69, 9.17) is 9.84 Å². The number of anilines is 2. The van der Waals surface area contributed by atoms with Crippen molar-refractivity contribution in [1.29, 1.82) is 5.26 Å². The molecule has 4 aliphatic heterocycles. The van der Waals surface area contributed by atoms with Crippen LogP contribution in [0, 0.1) is 17.2 Å². The van der Waals surface area contributed by atoms with E-state index in [2.05, 4.69) is 54.5 Å². The number of likely N-dealkylation sites (tertiary alicyclic amines) is 1. The summed E-state index contributed by atoms with van der Waals surface area (Å²) < 4.78 is 11.3. The Kier molecular flexibility index (Phi) is 9.56. The Morgan fingerprint density at radius 1 is 1.02 bits per heavy atom. The van der Waals surface area contributed by atoms with Crippen LogP contribution in [0.4, 0.5) is 11.4 Å². The first-order valence-electron chi connectivity index (χ1n) is 21.0. The van der Waals surface area contributed by atoms with Gasteiger partial charge in [0.15, 0.2) is 0 Å². The fourth-order valence-corrected chi connectivity index (χ4v) is 10.5. The Labute approximate surface area is 340 Å². The summed E-state index contributed by atoms with van der Waals surface area (Å²) in [7, 11) is 1.79. The van der Waals surface area contributed by atoms with Crippen LogP contribution in [-0.4, -0.2) is 91.5 Å². The minimum Gasteiger partial charge on any atom is -0.374 e. The highest BCUT2D eigenvalue weighted by Gasteiger charge is 2.40. The first-order valence-corrected chi connectivity index (χ1v) is 21.0. The zero-order chi connectivity index (χ0) is 40.4. The zero-order valence-corrected chi connectivity index (χ0v) is 33.2. The van der Waals surface area contributed by atoms with Crippen molar-refractivity contribution >= 4 is 51.0 Å². The molecular weight excluding hydrogens is 749 g/mol. The maximum atomic E-state index is 13.5. The number of aryl methyl sites for hydroxylation is 1. The van der Waals surface area contributed by atoms with Crippen molar-refractivity contribution in [1.82, 2.24) is 34.1 Å². The van der Waals surface area contributed by atoms with Crippen molar-refractivity contribution in [2.75, 3.05) is 43.0 Å². The van der Waals surface area contributed by atoms with Crippen molar-refractivity contribution in [3.8, 4) is 6.07 Å². The number of carbonyl (C=O) groups excluding carboxylic acids is 3. The van der Waals surface area contributed by atoms with Gasteiger partial charge < -0.3 is 19.9 Å². The highest BCUT2D eigenvalue weighted by molar-refractivity contribution is 6.07. The van der Waals surface area contributed by atoms with Crippen LogP contribution < -0.4 is 21.2 Å². The average Bonchev–Trinajstić information content (AvgIpc) is 4.05. The number of hydrogen-bond acceptors (Lipinski definition) is 10. The van der Waals surface area contributed by atoms with Gasteiger partial charge in [0.2, 0.25) is 11.8 Å². The third kappa shape index (κ3) is 6.87. The van der Waals surface area contributed by atoms with E-state index in [0.29, 0.717) is 42.0 Å². The molecule has 1 aliphatic carbocycles. The number of para-hydroxylation sites is 1. The SMILES string of the molecule is Cn1c(=O)n(C2CCC(=O)NC2=O)c2cccc(C3CCN(C[C@H]4CC[C@H](n5cc6cc(NC(=O)c7cncc(C#N)c7)c(N7C[C@H]8C[C@@H]7CO8)cc6n5)CC4)CC3)c21. The first kappa shape index (κ1) is 37.4. The van der Waals surface area contributed by atoms with Crippen LogP contribution in [0.15, 0.2) is 59.8 Å². The summed E-state index contributed by atoms with van der Waals surface area (Å²) in [5, 5.41) is 21.0. The highest BCUT2D eigenvalue weighted by atomic mass is 16.5. The number of aromatic nitrogens is 5. The van der Waals surface area contributed by atoms with Crippen molar-refractivity contribution < 1.29 is 19.1 Å². The minimum absolute atomic E-state index is 0.188. The van der Waals surface area contributed by atoms with Gasteiger partial charge in [0.1, 0.15) is 12.1 Å². The molecule has 2 bridgehead atoms. The van der Waals surface area contributed by atoms with Crippen molar-refractivity contribution in [2.45, 2.75) is 87.9 Å². The van der Waals surface area contributed by atoms with Gasteiger partial charge in [-0.1, -0.05) is 12.1 Å². The van der Waals surface area contributed by atoms with E-state index < -0.39 is 11.9 Å². The number of benzene rings is 2. The van der Waals surface area contributed by atoms with Gasteiger partial charge in [0, 0.05) is 50.5 Å². The van der Waals surface area contributed by atoms with Crippen LogP contribution >= 0.6 is 0 Å². The second-order valence-corrected chi connectivity index (χ2v) is 17.2. The maximum absolute atomic E-state index is 13.5. The number of pyridine rings is 1. The summed E-state index contributed by atoms with van der Waals surface area (Å²) in [6.07, 6.45) is 13.2. The Hall–Kier alpha value is -5.85. The molecule has 2 aromatic carbocycles. The molecule has 7 heterocycles. The topological polar surface area (TPSA) is 172 Å². The third-order valence-corrected chi connectivity index (χ3v) is 13.6. The number of rotatable bonds is 8. The van der Waals surface area contributed by atoms with E-state index in [-0.39, 0.29) is 36.1 Å². The fourth-order valence-electron chi connectivity index (χ4n) is 10.5. The van der Waals surface area contributed by atoms with E-state index in [1.165, 1.54) is 12.4 Å². The number of nitrogens with zero attached hydrogens (tertiary/aromatic N) is 8. The van der Waals surface area contributed by atoms with Crippen molar-refractivity contribution in [2.24, 2.45) is 13.0 Å². The maximum Gasteiger partial charge on any atom is 0.329 e. The fraction of sp³-hybridized carbons (Fsp3) is 0.477. The molecule has 15 heteroatoms. The summed E-state index contributed by atoms with van der Waals surface area (Å²) in [5.41, 5.74) is 5.82. The number of nitrogens with one attached hydrogen (secondary N) is 2. The Morgan fingerprint density at radius 2 is 1.85 bits per heavy atom. The number of morpholine rings is 1. The molecule has 5 aromatic rings. The lowest BCUT2D eigenvalue weighted by Gasteiger charge is -2.37. The van der Waals surface area contributed by atoms with Gasteiger partial charge in [0.05, 0.1) is 63.8 Å². The number of fused-ring (bicyclic) bond motifs is 4. The van der Waals surface area contributed by atoms with E-state index in [1.54, 1.807) is 22.2 Å². The van der Waals surface area contributed by atoms with Crippen LogP contribution in [0.3, 0.4) is 0 Å². The average molecular weight is 797 g/mol. The molecular formula is C44H48N10O5. The van der Waals surface area contributed by atoms with Gasteiger partial charge in [-0.05, 0) is 106 Å². The predicted molar refractivity (Wildman–Crippen MR) is 220 cm³/mol. The molecule has 0 radical (unpaired) electrons. The first-order chi connectivity index (χ1) is 28.7. The number of nitriles is 1. The quantitative estimate of drug-likeness (QED) is 0.208. The summed E-state index contributed by atoms with van der Waals surface area (Å²) in [6, 6.07) is 13.7. The summed E-state index contributed by atoms with van der Waals surface area (Å²) >= 11 is 0. The van der Waals surface area contributed by atoms with E-state index in [0.717, 1.165) is 110 Å². The van der Waals surface area contributed by atoms with E-state index >= 15 is 0 Å². The lowest BCUT2D eigenvalue weighted by atomic mass is 9.84. The predicted octanol–water partition coefficient (Wildman–Crippen LogP) is 4.77. The monoisotopic (exact) mass is 796 g/mol. The number of ether oxygens (including phenoxy) is 1. The van der Waals surface area contributed by atoms with Crippen LogP contribution in [0.5, 0.6) is 0 Å². The molecule has 3 amide bonds. The summed E-state index contributed by atoms with van der Waals surface area (Å²) in [4.78, 5) is 60.5. The van der Waals surface area contributed by atoms with Crippen LogP contribution in [0.2, 0.25) is 0 Å². The van der Waals surface area contributed by atoms with Gasteiger partial charge in [0.25, 0.3) is 5.91 Å². The molecule has 1 saturated carbocycles. The molecule has 15 nitrogen and oxygen atoms in total. The number of carbonyl (C=O) groups is 3. The number of piperidine rings is 2. The standard InChI is InChI=1S/C44H48N10O5/c1-50-41-34(3-2-4-37(41)54(44(50)58)38-9-10-40(55)48-43(38)57)28-11-13-51(14-12-28)22-26-5-7-31(8-6-26)53-23-30-16-36(47-42(56)29-15-27(19-45)20-46-21-29)39(18-35(30)49-53)52-24-33-17-32(52)25-59-33/h2-4,15-16,18,20-21,23,26,28,31-33,38H,5-14,17,22,24-25H2,1H3,(H,47,56)(H,48,55,57)/t26-,31-,32-,33-,38?/m1/s1. The third-order valence-electron chi connectivity index (χ3n) is 13.6. The summed E-state index contributed by atoms with van der Waals surface area (Å²) in [5.74, 6) is -0.0723. The lowest BCUT2D eigenvalue weighted by molar-refractivity contribution is -0.135. The van der Waals surface area contributed by atoms with Crippen molar-refractivity contribution in [3.05, 3.63) is 82.2 Å². The van der Waals surface area contributed by atoms with E-state index in [9.17, 15) is 24.4 Å². The molecule has 59 heavy (non-hydrogen) atoms. The Balaban J connectivity index is 0.791. The molecule has 5 fully saturated rings. The summed E-state index contributed by atoms with van der Waals surface area (Å²) in [6.45, 7) is 4.52. The van der Waals surface area contributed by atoms with E-state index in [1.807, 2.05) is 18.2 Å². The Bertz CT molecular complexity index is 2590. The number of imidazole rings is 1.